The van der Waals surface area contributed by atoms with Crippen LogP contribution in [0.4, 0.5) is 18.9 Å². The molecular formula is C14H13F3N2O. The summed E-state index contributed by atoms with van der Waals surface area (Å²) in [6.07, 6.45) is 1.11. The molecule has 1 aromatic carbocycles. The van der Waals surface area contributed by atoms with Gasteiger partial charge in [0.1, 0.15) is 11.6 Å². The van der Waals surface area contributed by atoms with Crippen LogP contribution in [0, 0.1) is 5.82 Å². The van der Waals surface area contributed by atoms with Gasteiger partial charge in [-0.25, -0.2) is 4.39 Å². The van der Waals surface area contributed by atoms with Crippen LogP contribution in [0.3, 0.4) is 0 Å². The van der Waals surface area contributed by atoms with Crippen LogP contribution in [0.5, 0.6) is 5.75 Å². The second kappa shape index (κ2) is 6.27. The van der Waals surface area contributed by atoms with Crippen molar-refractivity contribution in [1.29, 1.82) is 0 Å². The fraction of sp³-hybridized carbons (Fsp3) is 0.214. The molecule has 6 heteroatoms. The zero-order chi connectivity index (χ0) is 14.5. The first-order valence-electron chi connectivity index (χ1n) is 5.98. The Hall–Kier alpha value is -2.24. The average Bonchev–Trinajstić information content (AvgIpc) is 2.41. The lowest BCUT2D eigenvalue weighted by Gasteiger charge is -2.17. The highest BCUT2D eigenvalue weighted by atomic mass is 19.3. The van der Waals surface area contributed by atoms with Gasteiger partial charge in [0.2, 0.25) is 0 Å². The van der Waals surface area contributed by atoms with E-state index in [4.69, 9.17) is 0 Å². The van der Waals surface area contributed by atoms with Crippen LogP contribution in [0.15, 0.2) is 42.6 Å². The Morgan fingerprint density at radius 1 is 1.15 bits per heavy atom. The maximum atomic E-state index is 12.8. The molecule has 0 aliphatic carbocycles. The number of nitrogens with zero attached hydrogens (tertiary/aromatic N) is 1. The minimum absolute atomic E-state index is 0.0523. The third-order valence-corrected chi connectivity index (χ3v) is 2.67. The first-order valence-corrected chi connectivity index (χ1v) is 5.98. The number of aromatic nitrogens is 1. The van der Waals surface area contributed by atoms with E-state index in [2.05, 4.69) is 15.0 Å². The standard InChI is InChI=1S/C14H13F3N2O/c1-9(11-7-6-10(15)8-18-11)19-12-4-2-3-5-13(12)20-14(16)17/h2-9,14,19H,1H3. The molecule has 2 aromatic rings. The van der Waals surface area contributed by atoms with Gasteiger partial charge in [-0.1, -0.05) is 12.1 Å². The van der Waals surface area contributed by atoms with E-state index in [1.807, 2.05) is 0 Å². The molecule has 3 nitrogen and oxygen atoms in total. The number of anilines is 1. The van der Waals surface area contributed by atoms with Gasteiger partial charge in [0, 0.05) is 0 Å². The Morgan fingerprint density at radius 3 is 2.55 bits per heavy atom. The molecule has 0 amide bonds. The third-order valence-electron chi connectivity index (χ3n) is 2.67. The van der Waals surface area contributed by atoms with Crippen LogP contribution in [0.25, 0.3) is 0 Å². The zero-order valence-electron chi connectivity index (χ0n) is 10.7. The lowest BCUT2D eigenvalue weighted by molar-refractivity contribution is -0.0493. The van der Waals surface area contributed by atoms with Crippen LogP contribution >= 0.6 is 0 Å². The molecule has 1 atom stereocenters. The van der Waals surface area contributed by atoms with Crippen molar-refractivity contribution < 1.29 is 17.9 Å². The molecule has 0 fully saturated rings. The van der Waals surface area contributed by atoms with Crippen LogP contribution in [-0.2, 0) is 0 Å². The second-order valence-corrected chi connectivity index (χ2v) is 4.14. The topological polar surface area (TPSA) is 34.1 Å². The minimum Gasteiger partial charge on any atom is -0.433 e. The van der Waals surface area contributed by atoms with Crippen LogP contribution in [-0.4, -0.2) is 11.6 Å². The van der Waals surface area contributed by atoms with Crippen molar-refractivity contribution in [2.45, 2.75) is 19.6 Å². The summed E-state index contributed by atoms with van der Waals surface area (Å²) < 4.78 is 41.8. The Labute approximate surface area is 114 Å². The summed E-state index contributed by atoms with van der Waals surface area (Å²) in [7, 11) is 0. The van der Waals surface area contributed by atoms with Crippen LogP contribution < -0.4 is 10.1 Å². The number of rotatable bonds is 5. The number of pyridine rings is 1. The van der Waals surface area contributed by atoms with E-state index in [0.717, 1.165) is 6.20 Å². The van der Waals surface area contributed by atoms with Gasteiger partial charge in [0.25, 0.3) is 0 Å². The van der Waals surface area contributed by atoms with Gasteiger partial charge < -0.3 is 10.1 Å². The normalized spacial score (nSPS) is 12.2. The molecule has 1 aromatic heterocycles. The van der Waals surface area contributed by atoms with Crippen molar-refractivity contribution in [3.05, 3.63) is 54.1 Å². The summed E-state index contributed by atoms with van der Waals surface area (Å²) in [5.74, 6) is -0.376. The minimum atomic E-state index is -2.89. The molecule has 0 spiro atoms. The molecule has 0 aliphatic rings. The lowest BCUT2D eigenvalue weighted by atomic mass is 10.2. The lowest BCUT2D eigenvalue weighted by Crippen LogP contribution is -2.11. The van der Waals surface area contributed by atoms with Crippen molar-refractivity contribution in [3.8, 4) is 5.75 Å². The third kappa shape index (κ3) is 3.63. The summed E-state index contributed by atoms with van der Waals surface area (Å²) in [5, 5.41) is 3.01. The molecule has 1 heterocycles. The summed E-state index contributed by atoms with van der Waals surface area (Å²) >= 11 is 0. The molecule has 0 aliphatic heterocycles. The van der Waals surface area contributed by atoms with Crippen molar-refractivity contribution in [2.24, 2.45) is 0 Å². The molecule has 20 heavy (non-hydrogen) atoms. The highest BCUT2D eigenvalue weighted by Crippen LogP contribution is 2.28. The monoisotopic (exact) mass is 282 g/mol. The Balaban J connectivity index is 2.15. The summed E-state index contributed by atoms with van der Waals surface area (Å²) in [6, 6.07) is 8.91. The number of ether oxygens (including phenoxy) is 1. The van der Waals surface area contributed by atoms with Crippen LogP contribution in [0.1, 0.15) is 18.7 Å². The smallest absolute Gasteiger partial charge is 0.387 e. The molecule has 1 unspecified atom stereocenters. The number of hydrogen-bond acceptors (Lipinski definition) is 3. The zero-order valence-corrected chi connectivity index (χ0v) is 10.7. The van der Waals surface area contributed by atoms with Gasteiger partial charge in [-0.3, -0.25) is 4.98 Å². The van der Waals surface area contributed by atoms with Crippen molar-refractivity contribution in [2.75, 3.05) is 5.32 Å². The molecule has 1 N–H and O–H groups in total. The summed E-state index contributed by atoms with van der Waals surface area (Å²) in [4.78, 5) is 3.94. The molecule has 0 saturated carbocycles. The maximum absolute atomic E-state index is 12.8. The quantitative estimate of drug-likeness (QED) is 0.900. The van der Waals surface area contributed by atoms with Gasteiger partial charge in [-0.2, -0.15) is 8.78 Å². The molecule has 2 rings (SSSR count). The van der Waals surface area contributed by atoms with Crippen LogP contribution in [0.2, 0.25) is 0 Å². The van der Waals surface area contributed by atoms with Gasteiger partial charge in [0.15, 0.2) is 0 Å². The second-order valence-electron chi connectivity index (χ2n) is 4.14. The first-order chi connectivity index (χ1) is 9.56. The predicted octanol–water partition coefficient (Wildman–Crippen LogP) is 4.00. The number of alkyl halides is 2. The van der Waals surface area contributed by atoms with E-state index >= 15 is 0 Å². The number of benzene rings is 1. The molecular weight excluding hydrogens is 269 g/mol. The highest BCUT2D eigenvalue weighted by Gasteiger charge is 2.12. The van der Waals surface area contributed by atoms with Gasteiger partial charge in [0.05, 0.1) is 23.6 Å². The Morgan fingerprint density at radius 2 is 1.90 bits per heavy atom. The molecule has 0 bridgehead atoms. The number of para-hydroxylation sites is 2. The average molecular weight is 282 g/mol. The number of nitrogens with one attached hydrogen (secondary N) is 1. The van der Waals surface area contributed by atoms with E-state index in [-0.39, 0.29) is 11.8 Å². The molecule has 106 valence electrons. The summed E-state index contributed by atoms with van der Waals surface area (Å²) in [5.41, 5.74) is 1.02. The van der Waals surface area contributed by atoms with Gasteiger partial charge in [-0.15, -0.1) is 0 Å². The van der Waals surface area contributed by atoms with Crippen molar-refractivity contribution >= 4 is 5.69 Å². The SMILES string of the molecule is CC(Nc1ccccc1OC(F)F)c1ccc(F)cn1. The highest BCUT2D eigenvalue weighted by molar-refractivity contribution is 5.57. The Bertz CT molecular complexity index is 561. The molecule has 0 radical (unpaired) electrons. The molecule has 0 saturated heterocycles. The van der Waals surface area contributed by atoms with E-state index in [0.29, 0.717) is 11.4 Å². The van der Waals surface area contributed by atoms with Gasteiger partial charge in [-0.05, 0) is 31.2 Å². The van der Waals surface area contributed by atoms with Crippen molar-refractivity contribution in [1.82, 2.24) is 4.98 Å². The van der Waals surface area contributed by atoms with E-state index in [1.165, 1.54) is 18.2 Å². The van der Waals surface area contributed by atoms with Crippen molar-refractivity contribution in [3.63, 3.8) is 0 Å². The van der Waals surface area contributed by atoms with E-state index in [1.54, 1.807) is 25.1 Å². The summed E-state index contributed by atoms with van der Waals surface area (Å²) in [6.45, 7) is -1.10. The number of hydrogen-bond donors (Lipinski definition) is 1. The Kier molecular flexibility index (Phi) is 4.45. The first kappa shape index (κ1) is 14.2. The predicted molar refractivity (Wildman–Crippen MR) is 69.3 cm³/mol. The maximum Gasteiger partial charge on any atom is 0.387 e. The van der Waals surface area contributed by atoms with E-state index in [9.17, 15) is 13.2 Å². The van der Waals surface area contributed by atoms with Gasteiger partial charge >= 0.3 is 6.61 Å². The number of halogens is 3. The fourth-order valence-electron chi connectivity index (χ4n) is 1.74. The largest absolute Gasteiger partial charge is 0.433 e. The fourth-order valence-corrected chi connectivity index (χ4v) is 1.74. The van der Waals surface area contributed by atoms with E-state index < -0.39 is 12.4 Å².